The van der Waals surface area contributed by atoms with Gasteiger partial charge in [-0.2, -0.15) is 5.10 Å². The zero-order valence-electron chi connectivity index (χ0n) is 15.0. The third-order valence-corrected chi connectivity index (χ3v) is 4.68. The standard InChI is InChI=1S/C18H18ClN7O2/c19-14-1-3-15(4-2-14)28-10-18(27)25-7-5-24(6-8-25)16-9-17(22-12-21-16)26-13-20-11-23-26/h1-4,9,11-13H,5-8,10H2. The molecule has 0 radical (unpaired) electrons. The van der Waals surface area contributed by atoms with Gasteiger partial charge in [0.1, 0.15) is 30.5 Å². The maximum absolute atomic E-state index is 12.4. The minimum Gasteiger partial charge on any atom is -0.484 e. The van der Waals surface area contributed by atoms with E-state index in [1.165, 1.54) is 12.7 Å². The smallest absolute Gasteiger partial charge is 0.260 e. The molecule has 3 aromatic rings. The average Bonchev–Trinajstić information content (AvgIpc) is 3.28. The Labute approximate surface area is 166 Å². The molecular weight excluding hydrogens is 382 g/mol. The molecule has 0 aliphatic carbocycles. The number of piperazine rings is 1. The third-order valence-electron chi connectivity index (χ3n) is 4.42. The first kappa shape index (κ1) is 18.2. The van der Waals surface area contributed by atoms with Crippen LogP contribution in [-0.2, 0) is 4.79 Å². The lowest BCUT2D eigenvalue weighted by Crippen LogP contribution is -2.50. The van der Waals surface area contributed by atoms with Gasteiger partial charge < -0.3 is 14.5 Å². The first-order chi connectivity index (χ1) is 13.7. The Kier molecular flexibility index (Phi) is 5.34. The molecule has 0 saturated carbocycles. The number of hydrogen-bond donors (Lipinski definition) is 0. The number of amides is 1. The van der Waals surface area contributed by atoms with Crippen molar-refractivity contribution in [2.75, 3.05) is 37.7 Å². The van der Waals surface area contributed by atoms with Crippen molar-refractivity contribution in [3.8, 4) is 11.6 Å². The number of hydrogen-bond acceptors (Lipinski definition) is 7. The summed E-state index contributed by atoms with van der Waals surface area (Å²) in [4.78, 5) is 28.8. The van der Waals surface area contributed by atoms with Crippen molar-refractivity contribution in [2.45, 2.75) is 0 Å². The Morgan fingerprint density at radius 1 is 1.04 bits per heavy atom. The molecule has 0 unspecified atom stereocenters. The van der Waals surface area contributed by atoms with E-state index in [2.05, 4.69) is 25.0 Å². The van der Waals surface area contributed by atoms with E-state index in [9.17, 15) is 4.79 Å². The second-order valence-electron chi connectivity index (χ2n) is 6.18. The summed E-state index contributed by atoms with van der Waals surface area (Å²) < 4.78 is 7.13. The van der Waals surface area contributed by atoms with Crippen LogP contribution in [0.5, 0.6) is 5.75 Å². The normalized spacial score (nSPS) is 14.2. The zero-order valence-corrected chi connectivity index (χ0v) is 15.7. The highest BCUT2D eigenvalue weighted by atomic mass is 35.5. The number of carbonyl (C=O) groups excluding carboxylic acids is 1. The van der Waals surface area contributed by atoms with Crippen molar-refractivity contribution in [1.82, 2.24) is 29.6 Å². The highest BCUT2D eigenvalue weighted by Crippen LogP contribution is 2.17. The van der Waals surface area contributed by atoms with Crippen molar-refractivity contribution in [3.63, 3.8) is 0 Å². The predicted molar refractivity (Wildman–Crippen MR) is 103 cm³/mol. The largest absolute Gasteiger partial charge is 0.484 e. The molecular formula is C18H18ClN7O2. The summed E-state index contributed by atoms with van der Waals surface area (Å²) in [6.07, 6.45) is 4.55. The monoisotopic (exact) mass is 399 g/mol. The van der Waals surface area contributed by atoms with Gasteiger partial charge in [-0.3, -0.25) is 4.79 Å². The first-order valence-corrected chi connectivity index (χ1v) is 9.15. The van der Waals surface area contributed by atoms with E-state index in [4.69, 9.17) is 16.3 Å². The SMILES string of the molecule is O=C(COc1ccc(Cl)cc1)N1CCN(c2cc(-n3cncn3)ncn2)CC1. The molecule has 3 heterocycles. The van der Waals surface area contributed by atoms with E-state index < -0.39 is 0 Å². The number of aromatic nitrogens is 5. The molecule has 2 aromatic heterocycles. The van der Waals surface area contributed by atoms with E-state index in [0.717, 1.165) is 5.82 Å². The van der Waals surface area contributed by atoms with Gasteiger partial charge in [-0.15, -0.1) is 0 Å². The lowest BCUT2D eigenvalue weighted by atomic mass is 10.3. The van der Waals surface area contributed by atoms with Crippen LogP contribution in [0.3, 0.4) is 0 Å². The molecule has 1 amide bonds. The molecule has 9 nitrogen and oxygen atoms in total. The average molecular weight is 400 g/mol. The Balaban J connectivity index is 1.31. The quantitative estimate of drug-likeness (QED) is 0.641. The van der Waals surface area contributed by atoms with Crippen molar-refractivity contribution in [1.29, 1.82) is 0 Å². The fourth-order valence-electron chi connectivity index (χ4n) is 2.91. The molecule has 0 spiro atoms. The fraction of sp³-hybridized carbons (Fsp3) is 0.278. The van der Waals surface area contributed by atoms with Crippen LogP contribution in [0.4, 0.5) is 5.82 Å². The number of ether oxygens (including phenoxy) is 1. The minimum absolute atomic E-state index is 0.00554. The first-order valence-electron chi connectivity index (χ1n) is 8.77. The highest BCUT2D eigenvalue weighted by molar-refractivity contribution is 6.30. The number of carbonyl (C=O) groups is 1. The Morgan fingerprint density at radius 3 is 2.50 bits per heavy atom. The lowest BCUT2D eigenvalue weighted by molar-refractivity contribution is -0.133. The molecule has 4 rings (SSSR count). The van der Waals surface area contributed by atoms with Crippen LogP contribution in [-0.4, -0.2) is 68.3 Å². The molecule has 1 aliphatic heterocycles. The van der Waals surface area contributed by atoms with Crippen LogP contribution in [0.2, 0.25) is 5.02 Å². The van der Waals surface area contributed by atoms with E-state index in [1.807, 2.05) is 6.07 Å². The van der Waals surface area contributed by atoms with Crippen LogP contribution in [0, 0.1) is 0 Å². The number of rotatable bonds is 5. The summed E-state index contributed by atoms with van der Waals surface area (Å²) >= 11 is 5.85. The summed E-state index contributed by atoms with van der Waals surface area (Å²) in [5, 5.41) is 4.71. The molecule has 10 heteroatoms. The third kappa shape index (κ3) is 4.20. The molecule has 0 atom stereocenters. The van der Waals surface area contributed by atoms with E-state index in [-0.39, 0.29) is 12.5 Å². The maximum Gasteiger partial charge on any atom is 0.260 e. The minimum atomic E-state index is -0.0411. The molecule has 1 fully saturated rings. The van der Waals surface area contributed by atoms with Gasteiger partial charge in [0.05, 0.1) is 0 Å². The Bertz CT molecular complexity index is 925. The van der Waals surface area contributed by atoms with E-state index >= 15 is 0 Å². The van der Waals surface area contributed by atoms with Gasteiger partial charge in [0.25, 0.3) is 5.91 Å². The Hall–Kier alpha value is -3.20. The van der Waals surface area contributed by atoms with E-state index in [1.54, 1.807) is 40.2 Å². The molecule has 1 aliphatic rings. The Morgan fingerprint density at radius 2 is 1.79 bits per heavy atom. The molecule has 1 saturated heterocycles. The number of anilines is 1. The number of benzene rings is 1. The number of halogens is 1. The molecule has 0 bridgehead atoms. The highest BCUT2D eigenvalue weighted by Gasteiger charge is 2.22. The fourth-order valence-corrected chi connectivity index (χ4v) is 3.04. The van der Waals surface area contributed by atoms with Gasteiger partial charge >= 0.3 is 0 Å². The van der Waals surface area contributed by atoms with Crippen LogP contribution < -0.4 is 9.64 Å². The van der Waals surface area contributed by atoms with Gasteiger partial charge in [-0.1, -0.05) is 11.6 Å². The topological polar surface area (TPSA) is 89.3 Å². The number of nitrogens with zero attached hydrogens (tertiary/aromatic N) is 7. The molecule has 1 aromatic carbocycles. The van der Waals surface area contributed by atoms with Gasteiger partial charge in [-0.25, -0.2) is 19.6 Å². The predicted octanol–water partition coefficient (Wildman–Crippen LogP) is 1.44. The molecule has 28 heavy (non-hydrogen) atoms. The second-order valence-corrected chi connectivity index (χ2v) is 6.62. The lowest BCUT2D eigenvalue weighted by Gasteiger charge is -2.35. The summed E-state index contributed by atoms with van der Waals surface area (Å²) in [7, 11) is 0. The molecule has 144 valence electrons. The van der Waals surface area contributed by atoms with Crippen LogP contribution in [0.15, 0.2) is 49.3 Å². The van der Waals surface area contributed by atoms with Crippen molar-refractivity contribution < 1.29 is 9.53 Å². The van der Waals surface area contributed by atoms with Crippen molar-refractivity contribution in [2.24, 2.45) is 0 Å². The van der Waals surface area contributed by atoms with Gasteiger partial charge in [0.15, 0.2) is 12.4 Å². The molecule has 0 N–H and O–H groups in total. The van der Waals surface area contributed by atoms with Crippen LogP contribution in [0.1, 0.15) is 0 Å². The maximum atomic E-state index is 12.4. The van der Waals surface area contributed by atoms with Crippen LogP contribution >= 0.6 is 11.6 Å². The zero-order chi connectivity index (χ0) is 19.3. The summed E-state index contributed by atoms with van der Waals surface area (Å²) in [6.45, 7) is 2.57. The van der Waals surface area contributed by atoms with Crippen molar-refractivity contribution >= 4 is 23.3 Å². The van der Waals surface area contributed by atoms with Gasteiger partial charge in [0, 0.05) is 37.3 Å². The van der Waals surface area contributed by atoms with Gasteiger partial charge in [0.2, 0.25) is 0 Å². The van der Waals surface area contributed by atoms with Crippen LogP contribution in [0.25, 0.3) is 5.82 Å². The summed E-state index contributed by atoms with van der Waals surface area (Å²) in [5.74, 6) is 2.03. The summed E-state index contributed by atoms with van der Waals surface area (Å²) in [5.41, 5.74) is 0. The van der Waals surface area contributed by atoms with Gasteiger partial charge in [-0.05, 0) is 24.3 Å². The van der Waals surface area contributed by atoms with E-state index in [0.29, 0.717) is 42.8 Å². The summed E-state index contributed by atoms with van der Waals surface area (Å²) in [6, 6.07) is 8.81. The second kappa shape index (κ2) is 8.22. The van der Waals surface area contributed by atoms with Crippen molar-refractivity contribution in [3.05, 3.63) is 54.3 Å².